The maximum absolute atomic E-state index is 10.1. The fourth-order valence-electron chi connectivity index (χ4n) is 1.51. The Labute approximate surface area is 97.0 Å². The molecule has 0 unspecified atom stereocenters. The van der Waals surface area contributed by atoms with Crippen LogP contribution in [0.5, 0.6) is 0 Å². The van der Waals surface area contributed by atoms with Crippen molar-refractivity contribution in [2.75, 3.05) is 6.54 Å². The molecule has 0 amide bonds. The second kappa shape index (κ2) is 5.82. The molecular formula is C12H21N3O. The molecule has 90 valence electrons. The third-order valence-corrected chi connectivity index (χ3v) is 2.94. The highest BCUT2D eigenvalue weighted by atomic mass is 16.3. The van der Waals surface area contributed by atoms with Gasteiger partial charge in [-0.25, -0.2) is 4.68 Å². The lowest BCUT2D eigenvalue weighted by atomic mass is 9.97. The predicted molar refractivity (Wildman–Crippen MR) is 65.9 cm³/mol. The number of nitrogens with zero attached hydrogens (tertiary/aromatic N) is 2. The molecule has 0 atom stereocenters. The topological polar surface area (TPSA) is 50.1 Å². The Bertz CT molecular complexity index is 329. The van der Waals surface area contributed by atoms with E-state index in [1.807, 2.05) is 20.0 Å². The summed E-state index contributed by atoms with van der Waals surface area (Å²) < 4.78 is 1.67. The molecule has 0 spiro atoms. The van der Waals surface area contributed by atoms with Crippen molar-refractivity contribution in [2.45, 2.75) is 38.8 Å². The van der Waals surface area contributed by atoms with Crippen LogP contribution in [0.4, 0.5) is 0 Å². The van der Waals surface area contributed by atoms with E-state index in [4.69, 9.17) is 0 Å². The Hall–Kier alpha value is -1.13. The average molecular weight is 223 g/mol. The standard InChI is InChI=1S/C12H21N3O/c1-4-12(16,5-2)10-13-7-11-8-14-15(6-3)9-11/h6,8-9,13,16H,3-5,7,10H2,1-2H3. The number of aromatic nitrogens is 2. The number of hydrogen-bond acceptors (Lipinski definition) is 3. The molecule has 4 heteroatoms. The van der Waals surface area contributed by atoms with Gasteiger partial charge < -0.3 is 10.4 Å². The number of rotatable bonds is 7. The van der Waals surface area contributed by atoms with Crippen LogP contribution in [-0.2, 0) is 6.54 Å². The van der Waals surface area contributed by atoms with Gasteiger partial charge in [0.2, 0.25) is 0 Å². The number of aliphatic hydroxyl groups is 1. The van der Waals surface area contributed by atoms with E-state index in [0.717, 1.165) is 24.9 Å². The van der Waals surface area contributed by atoms with Gasteiger partial charge in [-0.05, 0) is 12.8 Å². The van der Waals surface area contributed by atoms with Crippen molar-refractivity contribution in [3.63, 3.8) is 0 Å². The smallest absolute Gasteiger partial charge is 0.0766 e. The second-order valence-corrected chi connectivity index (χ2v) is 4.05. The molecule has 4 nitrogen and oxygen atoms in total. The van der Waals surface area contributed by atoms with E-state index in [0.29, 0.717) is 6.54 Å². The zero-order valence-electron chi connectivity index (χ0n) is 10.1. The fourth-order valence-corrected chi connectivity index (χ4v) is 1.51. The summed E-state index contributed by atoms with van der Waals surface area (Å²) in [7, 11) is 0. The van der Waals surface area contributed by atoms with E-state index in [1.165, 1.54) is 0 Å². The molecule has 16 heavy (non-hydrogen) atoms. The lowest BCUT2D eigenvalue weighted by molar-refractivity contribution is 0.0323. The van der Waals surface area contributed by atoms with Gasteiger partial charge in [-0.2, -0.15) is 5.10 Å². The summed E-state index contributed by atoms with van der Waals surface area (Å²) in [6.45, 7) is 8.96. The van der Waals surface area contributed by atoms with Gasteiger partial charge in [0.15, 0.2) is 0 Å². The highest BCUT2D eigenvalue weighted by Crippen LogP contribution is 2.13. The van der Waals surface area contributed by atoms with E-state index in [-0.39, 0.29) is 0 Å². The lowest BCUT2D eigenvalue weighted by Crippen LogP contribution is -2.39. The molecule has 0 saturated carbocycles. The van der Waals surface area contributed by atoms with Crippen molar-refractivity contribution < 1.29 is 5.11 Å². The maximum atomic E-state index is 10.1. The van der Waals surface area contributed by atoms with Crippen LogP contribution in [0, 0.1) is 0 Å². The fraction of sp³-hybridized carbons (Fsp3) is 0.583. The van der Waals surface area contributed by atoms with E-state index in [1.54, 1.807) is 17.1 Å². The summed E-state index contributed by atoms with van der Waals surface area (Å²) >= 11 is 0. The first-order chi connectivity index (χ1) is 7.63. The number of hydrogen-bond donors (Lipinski definition) is 2. The molecule has 1 rings (SSSR count). The monoisotopic (exact) mass is 223 g/mol. The minimum Gasteiger partial charge on any atom is -0.389 e. The van der Waals surface area contributed by atoms with Gasteiger partial charge in [-0.1, -0.05) is 20.4 Å². The summed E-state index contributed by atoms with van der Waals surface area (Å²) in [4.78, 5) is 0. The molecule has 0 bridgehead atoms. The van der Waals surface area contributed by atoms with Crippen LogP contribution >= 0.6 is 0 Å². The first-order valence-electron chi connectivity index (χ1n) is 5.72. The second-order valence-electron chi connectivity index (χ2n) is 4.05. The predicted octanol–water partition coefficient (Wildman–Crippen LogP) is 1.62. The maximum Gasteiger partial charge on any atom is 0.0766 e. The van der Waals surface area contributed by atoms with E-state index < -0.39 is 5.60 Å². The minimum atomic E-state index is -0.589. The number of nitrogens with one attached hydrogen (secondary N) is 1. The molecule has 0 aliphatic heterocycles. The van der Waals surface area contributed by atoms with Crippen molar-refractivity contribution in [1.29, 1.82) is 0 Å². The Morgan fingerprint density at radius 1 is 1.56 bits per heavy atom. The van der Waals surface area contributed by atoms with Crippen LogP contribution in [0.1, 0.15) is 32.3 Å². The molecule has 0 aliphatic rings. The molecule has 0 aromatic carbocycles. The molecule has 0 saturated heterocycles. The summed E-state index contributed by atoms with van der Waals surface area (Å²) in [5.74, 6) is 0. The normalized spacial score (nSPS) is 11.7. The molecular weight excluding hydrogens is 202 g/mol. The SMILES string of the molecule is C=Cn1cc(CNCC(O)(CC)CC)cn1. The average Bonchev–Trinajstić information content (AvgIpc) is 2.77. The Morgan fingerprint density at radius 2 is 2.25 bits per heavy atom. The van der Waals surface area contributed by atoms with Crippen molar-refractivity contribution in [1.82, 2.24) is 15.1 Å². The third kappa shape index (κ3) is 3.47. The Morgan fingerprint density at radius 3 is 2.75 bits per heavy atom. The Kier molecular flexibility index (Phi) is 4.71. The first kappa shape index (κ1) is 12.9. The molecule has 1 aromatic heterocycles. The summed E-state index contributed by atoms with van der Waals surface area (Å²) in [6.07, 6.45) is 6.89. The molecule has 2 N–H and O–H groups in total. The van der Waals surface area contributed by atoms with Crippen LogP contribution in [0.2, 0.25) is 0 Å². The van der Waals surface area contributed by atoms with E-state index in [9.17, 15) is 5.11 Å². The zero-order valence-corrected chi connectivity index (χ0v) is 10.1. The molecule has 1 heterocycles. The molecule has 0 aliphatic carbocycles. The van der Waals surface area contributed by atoms with Gasteiger partial charge in [-0.3, -0.25) is 0 Å². The van der Waals surface area contributed by atoms with Crippen LogP contribution < -0.4 is 5.32 Å². The quantitative estimate of drug-likeness (QED) is 0.738. The van der Waals surface area contributed by atoms with E-state index in [2.05, 4.69) is 17.0 Å². The van der Waals surface area contributed by atoms with Crippen LogP contribution in [-0.4, -0.2) is 27.0 Å². The van der Waals surface area contributed by atoms with Gasteiger partial charge in [0.25, 0.3) is 0 Å². The zero-order chi connectivity index (χ0) is 12.0. The third-order valence-electron chi connectivity index (χ3n) is 2.94. The lowest BCUT2D eigenvalue weighted by Gasteiger charge is -2.25. The Balaban J connectivity index is 2.37. The van der Waals surface area contributed by atoms with E-state index >= 15 is 0 Å². The van der Waals surface area contributed by atoms with Crippen molar-refractivity contribution >= 4 is 6.20 Å². The van der Waals surface area contributed by atoms with Gasteiger partial charge in [0.05, 0.1) is 11.8 Å². The first-order valence-corrected chi connectivity index (χ1v) is 5.72. The minimum absolute atomic E-state index is 0.589. The highest BCUT2D eigenvalue weighted by molar-refractivity contribution is 5.17. The van der Waals surface area contributed by atoms with Gasteiger partial charge in [0, 0.05) is 31.0 Å². The molecule has 0 radical (unpaired) electrons. The van der Waals surface area contributed by atoms with Crippen LogP contribution in [0.3, 0.4) is 0 Å². The van der Waals surface area contributed by atoms with Crippen LogP contribution in [0.25, 0.3) is 6.20 Å². The van der Waals surface area contributed by atoms with Gasteiger partial charge in [0.1, 0.15) is 0 Å². The van der Waals surface area contributed by atoms with Gasteiger partial charge >= 0.3 is 0 Å². The summed E-state index contributed by atoms with van der Waals surface area (Å²) in [6, 6.07) is 0. The highest BCUT2D eigenvalue weighted by Gasteiger charge is 2.21. The molecule has 0 fully saturated rings. The largest absolute Gasteiger partial charge is 0.389 e. The van der Waals surface area contributed by atoms with Crippen molar-refractivity contribution in [2.24, 2.45) is 0 Å². The summed E-state index contributed by atoms with van der Waals surface area (Å²) in [5.41, 5.74) is 0.503. The van der Waals surface area contributed by atoms with Crippen molar-refractivity contribution in [3.8, 4) is 0 Å². The van der Waals surface area contributed by atoms with Crippen molar-refractivity contribution in [3.05, 3.63) is 24.5 Å². The van der Waals surface area contributed by atoms with Gasteiger partial charge in [-0.15, -0.1) is 0 Å². The van der Waals surface area contributed by atoms with Crippen LogP contribution in [0.15, 0.2) is 19.0 Å². The summed E-state index contributed by atoms with van der Waals surface area (Å²) in [5, 5.41) is 17.4. The molecule has 1 aromatic rings.